The van der Waals surface area contributed by atoms with Gasteiger partial charge in [-0.1, -0.05) is 0 Å². The van der Waals surface area contributed by atoms with Crippen molar-refractivity contribution < 1.29 is 5.11 Å². The summed E-state index contributed by atoms with van der Waals surface area (Å²) in [6, 6.07) is 5.68. The normalized spacial score (nSPS) is 11.4. The predicted octanol–water partition coefficient (Wildman–Crippen LogP) is 1.76. The van der Waals surface area contributed by atoms with Gasteiger partial charge in [-0.25, -0.2) is 0 Å². The van der Waals surface area contributed by atoms with Gasteiger partial charge in [-0.05, 0) is 44.5 Å². The summed E-state index contributed by atoms with van der Waals surface area (Å²) in [5.41, 5.74) is 7.80. The molecule has 0 atom stereocenters. The molecule has 0 aromatic heterocycles. The van der Waals surface area contributed by atoms with Gasteiger partial charge >= 0.3 is 0 Å². The van der Waals surface area contributed by atoms with Crippen LogP contribution in [0.15, 0.2) is 18.2 Å². The van der Waals surface area contributed by atoms with Crippen molar-refractivity contribution in [2.75, 3.05) is 17.6 Å². The Labute approximate surface area is 84.9 Å². The van der Waals surface area contributed by atoms with Crippen molar-refractivity contribution in [3.63, 3.8) is 0 Å². The Bertz CT molecular complexity index is 316. The van der Waals surface area contributed by atoms with Crippen LogP contribution in [0, 0.1) is 6.92 Å². The van der Waals surface area contributed by atoms with E-state index in [1.165, 1.54) is 0 Å². The number of aliphatic hydroxyl groups is 1. The number of anilines is 2. The third-order valence-electron chi connectivity index (χ3n) is 1.96. The molecular weight excluding hydrogens is 176 g/mol. The second-order valence-corrected chi connectivity index (χ2v) is 4.24. The van der Waals surface area contributed by atoms with Crippen LogP contribution in [0.25, 0.3) is 0 Å². The number of hydrogen-bond donors (Lipinski definition) is 3. The van der Waals surface area contributed by atoms with Crippen molar-refractivity contribution >= 4 is 11.4 Å². The number of aryl methyl sites for hydroxylation is 1. The highest BCUT2D eigenvalue weighted by molar-refractivity contribution is 5.57. The molecule has 0 unspecified atom stereocenters. The zero-order valence-corrected chi connectivity index (χ0v) is 8.96. The van der Waals surface area contributed by atoms with Gasteiger partial charge in [0.15, 0.2) is 0 Å². The quantitative estimate of drug-likeness (QED) is 0.643. The molecule has 14 heavy (non-hydrogen) atoms. The Kier molecular flexibility index (Phi) is 3.01. The number of rotatable bonds is 3. The van der Waals surface area contributed by atoms with Crippen LogP contribution < -0.4 is 11.1 Å². The molecule has 0 spiro atoms. The van der Waals surface area contributed by atoms with Gasteiger partial charge in [0.25, 0.3) is 0 Å². The third-order valence-corrected chi connectivity index (χ3v) is 1.96. The summed E-state index contributed by atoms with van der Waals surface area (Å²) < 4.78 is 0. The SMILES string of the molecule is Cc1cc(N)ccc1NCC(C)(C)O. The van der Waals surface area contributed by atoms with Crippen LogP contribution in [0.4, 0.5) is 11.4 Å². The molecule has 0 fully saturated rings. The van der Waals surface area contributed by atoms with Gasteiger partial charge in [0.1, 0.15) is 0 Å². The maximum atomic E-state index is 9.54. The molecule has 1 aromatic rings. The number of hydrogen-bond acceptors (Lipinski definition) is 3. The van der Waals surface area contributed by atoms with Gasteiger partial charge < -0.3 is 16.2 Å². The smallest absolute Gasteiger partial charge is 0.0763 e. The molecule has 3 nitrogen and oxygen atoms in total. The molecular formula is C11H18N2O. The Morgan fingerprint density at radius 3 is 2.57 bits per heavy atom. The molecule has 0 saturated carbocycles. The average molecular weight is 194 g/mol. The Balaban J connectivity index is 2.68. The van der Waals surface area contributed by atoms with Gasteiger partial charge in [-0.2, -0.15) is 0 Å². The van der Waals surface area contributed by atoms with E-state index in [0.717, 1.165) is 16.9 Å². The van der Waals surface area contributed by atoms with E-state index in [9.17, 15) is 5.11 Å². The summed E-state index contributed by atoms with van der Waals surface area (Å²) in [4.78, 5) is 0. The fourth-order valence-corrected chi connectivity index (χ4v) is 1.20. The highest BCUT2D eigenvalue weighted by Crippen LogP contribution is 2.18. The second-order valence-electron chi connectivity index (χ2n) is 4.24. The molecule has 0 heterocycles. The standard InChI is InChI=1S/C11H18N2O/c1-8-6-9(12)4-5-10(8)13-7-11(2,3)14/h4-6,13-14H,7,12H2,1-3H3. The van der Waals surface area contributed by atoms with Crippen LogP contribution in [0.1, 0.15) is 19.4 Å². The first-order chi connectivity index (χ1) is 6.38. The van der Waals surface area contributed by atoms with Crippen molar-refractivity contribution in [3.05, 3.63) is 23.8 Å². The van der Waals surface area contributed by atoms with Crippen LogP contribution in [0.5, 0.6) is 0 Å². The van der Waals surface area contributed by atoms with E-state index in [1.807, 2.05) is 25.1 Å². The minimum Gasteiger partial charge on any atom is -0.399 e. The van der Waals surface area contributed by atoms with E-state index in [2.05, 4.69) is 5.32 Å². The Hall–Kier alpha value is -1.22. The maximum Gasteiger partial charge on any atom is 0.0763 e. The molecule has 0 bridgehead atoms. The summed E-state index contributed by atoms with van der Waals surface area (Å²) in [5, 5.41) is 12.7. The van der Waals surface area contributed by atoms with Crippen LogP contribution in [0.2, 0.25) is 0 Å². The van der Waals surface area contributed by atoms with Crippen LogP contribution in [-0.4, -0.2) is 17.3 Å². The zero-order chi connectivity index (χ0) is 10.8. The number of nitrogen functional groups attached to an aromatic ring is 1. The highest BCUT2D eigenvalue weighted by atomic mass is 16.3. The van der Waals surface area contributed by atoms with Crippen LogP contribution in [-0.2, 0) is 0 Å². The molecule has 3 heteroatoms. The Morgan fingerprint density at radius 2 is 2.07 bits per heavy atom. The van der Waals surface area contributed by atoms with E-state index in [0.29, 0.717) is 6.54 Å². The summed E-state index contributed by atoms with van der Waals surface area (Å²) in [7, 11) is 0. The number of nitrogens with two attached hydrogens (primary N) is 1. The van der Waals surface area contributed by atoms with Crippen LogP contribution >= 0.6 is 0 Å². The highest BCUT2D eigenvalue weighted by Gasteiger charge is 2.11. The van der Waals surface area contributed by atoms with Crippen molar-refractivity contribution in [1.29, 1.82) is 0 Å². The van der Waals surface area contributed by atoms with Crippen LogP contribution in [0.3, 0.4) is 0 Å². The summed E-state index contributed by atoms with van der Waals surface area (Å²) in [6.07, 6.45) is 0. The predicted molar refractivity (Wildman–Crippen MR) is 60.4 cm³/mol. The summed E-state index contributed by atoms with van der Waals surface area (Å²) in [5.74, 6) is 0. The summed E-state index contributed by atoms with van der Waals surface area (Å²) >= 11 is 0. The second kappa shape index (κ2) is 3.88. The minimum atomic E-state index is -0.701. The fraction of sp³-hybridized carbons (Fsp3) is 0.455. The lowest BCUT2D eigenvalue weighted by atomic mass is 10.1. The van der Waals surface area contributed by atoms with Gasteiger partial charge in [-0.3, -0.25) is 0 Å². The maximum absolute atomic E-state index is 9.54. The van der Waals surface area contributed by atoms with E-state index >= 15 is 0 Å². The first-order valence-electron chi connectivity index (χ1n) is 4.71. The largest absolute Gasteiger partial charge is 0.399 e. The lowest BCUT2D eigenvalue weighted by Gasteiger charge is -2.19. The molecule has 1 aromatic carbocycles. The van der Waals surface area contributed by atoms with Gasteiger partial charge in [-0.15, -0.1) is 0 Å². The third kappa shape index (κ3) is 3.26. The number of benzene rings is 1. The monoisotopic (exact) mass is 194 g/mol. The molecule has 0 aliphatic heterocycles. The van der Waals surface area contributed by atoms with E-state index < -0.39 is 5.60 Å². The first kappa shape index (κ1) is 10.9. The number of nitrogens with one attached hydrogen (secondary N) is 1. The molecule has 0 radical (unpaired) electrons. The average Bonchev–Trinajstić information content (AvgIpc) is 2.00. The van der Waals surface area contributed by atoms with Gasteiger partial charge in [0.05, 0.1) is 5.60 Å². The Morgan fingerprint density at radius 1 is 1.43 bits per heavy atom. The van der Waals surface area contributed by atoms with Gasteiger partial charge in [0.2, 0.25) is 0 Å². The minimum absolute atomic E-state index is 0.526. The zero-order valence-electron chi connectivity index (χ0n) is 8.96. The molecule has 1 rings (SSSR count). The van der Waals surface area contributed by atoms with Crippen molar-refractivity contribution in [2.45, 2.75) is 26.4 Å². The summed E-state index contributed by atoms with van der Waals surface area (Å²) in [6.45, 7) is 6.06. The van der Waals surface area contributed by atoms with Crippen molar-refractivity contribution in [3.8, 4) is 0 Å². The van der Waals surface area contributed by atoms with E-state index in [-0.39, 0.29) is 0 Å². The van der Waals surface area contributed by atoms with E-state index in [1.54, 1.807) is 13.8 Å². The topological polar surface area (TPSA) is 58.3 Å². The van der Waals surface area contributed by atoms with E-state index in [4.69, 9.17) is 5.73 Å². The molecule has 78 valence electrons. The van der Waals surface area contributed by atoms with Crippen molar-refractivity contribution in [1.82, 2.24) is 0 Å². The molecule has 4 N–H and O–H groups in total. The molecule has 0 saturated heterocycles. The lowest BCUT2D eigenvalue weighted by molar-refractivity contribution is 0.0945. The molecule has 0 aliphatic carbocycles. The van der Waals surface area contributed by atoms with Gasteiger partial charge in [0, 0.05) is 17.9 Å². The fourth-order valence-electron chi connectivity index (χ4n) is 1.20. The molecule has 0 amide bonds. The lowest BCUT2D eigenvalue weighted by Crippen LogP contribution is -2.29. The molecule has 0 aliphatic rings. The van der Waals surface area contributed by atoms with Crippen molar-refractivity contribution in [2.24, 2.45) is 0 Å². The first-order valence-corrected chi connectivity index (χ1v) is 4.71.